The molecule has 4 rings (SSSR count). The Morgan fingerprint density at radius 3 is 2.62 bits per heavy atom. The zero-order valence-corrected chi connectivity index (χ0v) is 19.9. The summed E-state index contributed by atoms with van der Waals surface area (Å²) in [5.74, 6) is -0.702. The highest BCUT2D eigenvalue weighted by atomic mass is 35.5. The summed E-state index contributed by atoms with van der Waals surface area (Å²) in [6.45, 7) is 5.76. The third kappa shape index (κ3) is 6.01. The molecule has 0 radical (unpaired) electrons. The molecular weight excluding hydrogens is 456 g/mol. The van der Waals surface area contributed by atoms with E-state index in [2.05, 4.69) is 26.5 Å². The molecule has 0 unspecified atom stereocenters. The molecule has 0 spiro atoms. The number of aliphatic hydroxyl groups excluding tert-OH is 1. The summed E-state index contributed by atoms with van der Waals surface area (Å²) in [5, 5.41) is 33.0. The van der Waals surface area contributed by atoms with Crippen molar-refractivity contribution >= 4 is 28.4 Å². The topological polar surface area (TPSA) is 108 Å². The number of nitrogens with zero attached hydrogens (tertiary/aromatic N) is 3. The first-order valence-electron chi connectivity index (χ1n) is 11.4. The largest absolute Gasteiger partial charge is 0.505 e. The Bertz CT molecular complexity index is 1150. The van der Waals surface area contributed by atoms with Gasteiger partial charge in [-0.25, -0.2) is 0 Å². The van der Waals surface area contributed by atoms with Crippen molar-refractivity contribution in [3.63, 3.8) is 0 Å². The highest BCUT2D eigenvalue weighted by molar-refractivity contribution is 6.30. The number of aryl methyl sites for hydroxylation is 1. The first-order valence-corrected chi connectivity index (χ1v) is 11.8. The van der Waals surface area contributed by atoms with Crippen LogP contribution in [0.2, 0.25) is 5.02 Å². The van der Waals surface area contributed by atoms with Crippen molar-refractivity contribution < 1.29 is 19.7 Å². The molecule has 3 aromatic rings. The van der Waals surface area contributed by atoms with Crippen molar-refractivity contribution in [3.8, 4) is 5.75 Å². The monoisotopic (exact) mass is 484 g/mol. The molecule has 8 nitrogen and oxygen atoms in total. The minimum Gasteiger partial charge on any atom is -0.505 e. The molecule has 2 aromatic carbocycles. The number of carbonyl (C=O) groups is 1. The number of hydrogen-bond acceptors (Lipinski definition) is 7. The van der Waals surface area contributed by atoms with Crippen LogP contribution in [0.1, 0.15) is 40.5 Å². The summed E-state index contributed by atoms with van der Waals surface area (Å²) < 4.78 is 5.44. The average molecular weight is 485 g/mol. The van der Waals surface area contributed by atoms with E-state index in [9.17, 15) is 15.0 Å². The number of aromatic nitrogens is 2. The molecule has 1 amide bonds. The lowest BCUT2D eigenvalue weighted by atomic mass is 9.99. The Balaban J connectivity index is 1.62. The SMILES string of the molecule is C[C@H](O)CCc1cc(CN2CCOCC2)cc2c(O)c(C(=O)NCc3ccc(Cl)cc3)nnc12. The molecule has 1 fully saturated rings. The van der Waals surface area contributed by atoms with Crippen LogP contribution in [-0.2, 0) is 24.2 Å². The zero-order valence-electron chi connectivity index (χ0n) is 19.1. The molecule has 180 valence electrons. The number of benzene rings is 2. The van der Waals surface area contributed by atoms with Gasteiger partial charge in [-0.3, -0.25) is 9.69 Å². The summed E-state index contributed by atoms with van der Waals surface area (Å²) in [7, 11) is 0. The van der Waals surface area contributed by atoms with Gasteiger partial charge >= 0.3 is 0 Å². The molecule has 34 heavy (non-hydrogen) atoms. The fourth-order valence-corrected chi connectivity index (χ4v) is 4.15. The average Bonchev–Trinajstić information content (AvgIpc) is 2.83. The van der Waals surface area contributed by atoms with Crippen LogP contribution < -0.4 is 5.32 Å². The molecular formula is C25H29ClN4O4. The van der Waals surface area contributed by atoms with E-state index < -0.39 is 12.0 Å². The number of hydrogen-bond donors (Lipinski definition) is 3. The van der Waals surface area contributed by atoms with Crippen LogP contribution in [0, 0.1) is 0 Å². The predicted molar refractivity (Wildman–Crippen MR) is 130 cm³/mol. The van der Waals surface area contributed by atoms with Gasteiger partial charge in [-0.05, 0) is 54.7 Å². The van der Waals surface area contributed by atoms with Crippen LogP contribution >= 0.6 is 11.6 Å². The van der Waals surface area contributed by atoms with Gasteiger partial charge in [-0.2, -0.15) is 0 Å². The highest BCUT2D eigenvalue weighted by Crippen LogP contribution is 2.30. The van der Waals surface area contributed by atoms with Crippen LogP contribution in [-0.4, -0.2) is 63.6 Å². The summed E-state index contributed by atoms with van der Waals surface area (Å²) in [5.41, 5.74) is 3.19. The van der Waals surface area contributed by atoms with E-state index in [0.717, 1.165) is 29.8 Å². The normalized spacial score (nSPS) is 15.4. The van der Waals surface area contributed by atoms with Gasteiger partial charge in [0.2, 0.25) is 0 Å². The van der Waals surface area contributed by atoms with Crippen molar-refractivity contribution in [1.29, 1.82) is 0 Å². The first kappa shape index (κ1) is 24.3. The number of morpholine rings is 1. The molecule has 1 aromatic heterocycles. The fraction of sp³-hybridized carbons (Fsp3) is 0.400. The van der Waals surface area contributed by atoms with Gasteiger partial charge < -0.3 is 20.3 Å². The van der Waals surface area contributed by atoms with E-state index in [1.165, 1.54) is 0 Å². The Kier molecular flexibility index (Phi) is 7.95. The Hall–Kier alpha value is -2.78. The van der Waals surface area contributed by atoms with Crippen molar-refractivity contribution in [1.82, 2.24) is 20.4 Å². The third-order valence-corrected chi connectivity index (χ3v) is 6.15. The molecule has 0 saturated carbocycles. The van der Waals surface area contributed by atoms with Crippen LogP contribution in [0.4, 0.5) is 0 Å². The fourth-order valence-electron chi connectivity index (χ4n) is 4.02. The molecule has 1 atom stereocenters. The highest BCUT2D eigenvalue weighted by Gasteiger charge is 2.20. The van der Waals surface area contributed by atoms with Crippen molar-refractivity contribution in [2.24, 2.45) is 0 Å². The van der Waals surface area contributed by atoms with E-state index in [-0.39, 0.29) is 18.0 Å². The first-order chi connectivity index (χ1) is 16.4. The van der Waals surface area contributed by atoms with E-state index >= 15 is 0 Å². The maximum absolute atomic E-state index is 12.8. The van der Waals surface area contributed by atoms with Gasteiger partial charge in [0, 0.05) is 36.6 Å². The van der Waals surface area contributed by atoms with E-state index in [1.54, 1.807) is 19.1 Å². The Morgan fingerprint density at radius 2 is 1.91 bits per heavy atom. The summed E-state index contributed by atoms with van der Waals surface area (Å²) in [4.78, 5) is 15.1. The maximum Gasteiger partial charge on any atom is 0.275 e. The lowest BCUT2D eigenvalue weighted by molar-refractivity contribution is 0.0342. The minimum atomic E-state index is -0.508. The number of aromatic hydroxyl groups is 1. The molecule has 1 aliphatic heterocycles. The number of rotatable bonds is 8. The molecule has 1 saturated heterocycles. The lowest BCUT2D eigenvalue weighted by Crippen LogP contribution is -2.35. The molecule has 0 bridgehead atoms. The van der Waals surface area contributed by atoms with Crippen molar-refractivity contribution in [2.75, 3.05) is 26.3 Å². The van der Waals surface area contributed by atoms with Crippen LogP contribution in [0.5, 0.6) is 5.75 Å². The summed E-state index contributed by atoms with van der Waals surface area (Å²) >= 11 is 5.91. The molecule has 1 aliphatic rings. The minimum absolute atomic E-state index is 0.119. The van der Waals surface area contributed by atoms with Gasteiger partial charge in [-0.15, -0.1) is 10.2 Å². The number of halogens is 1. The second kappa shape index (κ2) is 11.1. The Morgan fingerprint density at radius 1 is 1.18 bits per heavy atom. The number of ether oxygens (including phenoxy) is 1. The van der Waals surface area contributed by atoms with Crippen molar-refractivity contribution in [2.45, 2.75) is 39.0 Å². The van der Waals surface area contributed by atoms with E-state index in [0.29, 0.717) is 48.5 Å². The number of carbonyl (C=O) groups excluding carboxylic acids is 1. The van der Waals surface area contributed by atoms with Crippen LogP contribution in [0.3, 0.4) is 0 Å². The second-order valence-electron chi connectivity index (χ2n) is 8.63. The number of aliphatic hydroxyl groups is 1. The van der Waals surface area contributed by atoms with Crippen LogP contribution in [0.15, 0.2) is 36.4 Å². The second-order valence-corrected chi connectivity index (χ2v) is 9.07. The van der Waals surface area contributed by atoms with Gasteiger partial charge in [0.15, 0.2) is 11.4 Å². The summed E-state index contributed by atoms with van der Waals surface area (Å²) in [6.07, 6.45) is 0.681. The number of amides is 1. The van der Waals surface area contributed by atoms with E-state index in [4.69, 9.17) is 16.3 Å². The smallest absolute Gasteiger partial charge is 0.275 e. The third-order valence-electron chi connectivity index (χ3n) is 5.90. The van der Waals surface area contributed by atoms with Crippen LogP contribution in [0.25, 0.3) is 10.9 Å². The Labute approximate surface area is 203 Å². The van der Waals surface area contributed by atoms with Gasteiger partial charge in [0.05, 0.1) is 24.8 Å². The van der Waals surface area contributed by atoms with Crippen molar-refractivity contribution in [3.05, 3.63) is 63.8 Å². The molecule has 2 heterocycles. The quantitative estimate of drug-likeness (QED) is 0.451. The lowest BCUT2D eigenvalue weighted by Gasteiger charge is -2.27. The predicted octanol–water partition coefficient (Wildman–Crippen LogP) is 3.06. The molecule has 9 heteroatoms. The maximum atomic E-state index is 12.8. The van der Waals surface area contributed by atoms with Gasteiger partial charge in [-0.1, -0.05) is 29.8 Å². The van der Waals surface area contributed by atoms with Gasteiger partial charge in [0.25, 0.3) is 5.91 Å². The number of fused-ring (bicyclic) bond motifs is 1. The standard InChI is InChI=1S/C25H29ClN4O4/c1-16(31)2-5-19-12-18(15-30-8-10-34-11-9-30)13-21-22(19)28-29-23(24(21)32)25(33)27-14-17-3-6-20(26)7-4-17/h3-4,6-7,12-13,16,31H,2,5,8-11,14-15H2,1H3,(H,27,33)(H,28,32)/t16-/m0/s1. The van der Waals surface area contributed by atoms with E-state index in [1.807, 2.05) is 18.2 Å². The zero-order chi connectivity index (χ0) is 24.1. The summed E-state index contributed by atoms with van der Waals surface area (Å²) in [6, 6.07) is 11.1. The number of nitrogens with one attached hydrogen (secondary N) is 1. The van der Waals surface area contributed by atoms with Gasteiger partial charge in [0.1, 0.15) is 0 Å². The molecule has 3 N–H and O–H groups in total. The molecule has 0 aliphatic carbocycles.